The van der Waals surface area contributed by atoms with Crippen LogP contribution in [0, 0.1) is 0 Å². The second-order valence-electron chi connectivity index (χ2n) is 2.40. The zero-order valence-corrected chi connectivity index (χ0v) is 6.04. The first-order valence-corrected chi connectivity index (χ1v) is 3.34. The van der Waals surface area contributed by atoms with Crippen LogP contribution in [0.1, 0.15) is 13.9 Å². The third-order valence-electron chi connectivity index (χ3n) is 1.30. The summed E-state index contributed by atoms with van der Waals surface area (Å²) < 4.78 is 7.22. The van der Waals surface area contributed by atoms with Crippen LogP contribution >= 0.6 is 0 Å². The average Bonchev–Trinajstić information content (AvgIpc) is 1.85. The summed E-state index contributed by atoms with van der Waals surface area (Å²) in [6, 6.07) is 9.54. The number of rotatable bonds is 2. The van der Waals surface area contributed by atoms with Crippen LogP contribution in [0.15, 0.2) is 30.3 Å². The summed E-state index contributed by atoms with van der Waals surface area (Å²) >= 11 is 0. The van der Waals surface area contributed by atoms with E-state index in [2.05, 4.69) is 0 Å². The Hall–Kier alpha value is -0.820. The van der Waals surface area contributed by atoms with Crippen molar-refractivity contribution in [2.45, 2.75) is 19.4 Å². The Bertz CT molecular complexity index is 213. The molecule has 1 aromatic rings. The highest BCUT2D eigenvalue weighted by molar-refractivity contribution is 5.15. The maximum atomic E-state index is 9.14. The van der Waals surface area contributed by atoms with Crippen molar-refractivity contribution in [2.75, 3.05) is 0 Å². The quantitative estimate of drug-likeness (QED) is 0.656. The lowest BCUT2D eigenvalue weighted by molar-refractivity contribution is 0.195. The Morgan fingerprint density at radius 3 is 2.60 bits per heavy atom. The van der Waals surface area contributed by atoms with Crippen molar-refractivity contribution < 1.29 is 6.48 Å². The molecule has 0 saturated carbocycles. The molecule has 1 heteroatoms. The SMILES string of the molecule is [2H][C@](C)(O)Cc1ccccc1. The summed E-state index contributed by atoms with van der Waals surface area (Å²) in [6.07, 6.45) is -0.963. The first-order valence-electron chi connectivity index (χ1n) is 3.84. The van der Waals surface area contributed by atoms with Crippen molar-refractivity contribution in [3.05, 3.63) is 35.9 Å². The molecule has 0 radical (unpaired) electrons. The summed E-state index contributed by atoms with van der Waals surface area (Å²) in [4.78, 5) is 0. The molecule has 1 rings (SSSR count). The largest absolute Gasteiger partial charge is 0.393 e. The molecule has 0 aliphatic rings. The molecule has 0 aliphatic heterocycles. The van der Waals surface area contributed by atoms with Gasteiger partial charge in [0.05, 0.1) is 7.45 Å². The van der Waals surface area contributed by atoms with Gasteiger partial charge in [-0.3, -0.25) is 0 Å². The minimum absolute atomic E-state index is 0.383. The Balaban J connectivity index is 2.66. The topological polar surface area (TPSA) is 20.2 Å². The predicted octanol–water partition coefficient (Wildman–Crippen LogP) is 1.61. The number of hydrogen-bond acceptors (Lipinski definition) is 1. The molecule has 54 valence electrons. The van der Waals surface area contributed by atoms with Crippen LogP contribution in [0.5, 0.6) is 0 Å². The summed E-state index contributed by atoms with van der Waals surface area (Å²) in [6.45, 7) is 1.49. The molecule has 1 aromatic carbocycles. The lowest BCUT2D eigenvalue weighted by Gasteiger charge is -2.01. The van der Waals surface area contributed by atoms with Crippen LogP contribution in [-0.4, -0.2) is 11.2 Å². The van der Waals surface area contributed by atoms with E-state index >= 15 is 0 Å². The van der Waals surface area contributed by atoms with Gasteiger partial charge >= 0.3 is 0 Å². The summed E-state index contributed by atoms with van der Waals surface area (Å²) in [5.74, 6) is 0. The van der Waals surface area contributed by atoms with Gasteiger partial charge in [-0.25, -0.2) is 0 Å². The van der Waals surface area contributed by atoms with Crippen molar-refractivity contribution in [2.24, 2.45) is 0 Å². The van der Waals surface area contributed by atoms with Crippen LogP contribution in [0.25, 0.3) is 0 Å². The van der Waals surface area contributed by atoms with Gasteiger partial charge in [-0.15, -0.1) is 0 Å². The zero-order valence-electron chi connectivity index (χ0n) is 7.04. The highest BCUT2D eigenvalue weighted by Crippen LogP contribution is 2.01. The normalized spacial score (nSPS) is 17.6. The van der Waals surface area contributed by atoms with Crippen molar-refractivity contribution in [3.63, 3.8) is 0 Å². The van der Waals surface area contributed by atoms with Gasteiger partial charge in [0, 0.05) is 0 Å². The van der Waals surface area contributed by atoms with E-state index in [1.807, 2.05) is 30.3 Å². The van der Waals surface area contributed by atoms with E-state index in [9.17, 15) is 0 Å². The standard InChI is InChI=1S/C9H12O/c1-8(10)7-9-5-3-2-4-6-9/h2-6,8,10H,7H2,1H3/t8-/m1/s1/i8D. The van der Waals surface area contributed by atoms with Gasteiger partial charge in [-0.05, 0) is 18.9 Å². The summed E-state index contributed by atoms with van der Waals surface area (Å²) in [5.41, 5.74) is 0.993. The minimum atomic E-state index is -1.35. The van der Waals surface area contributed by atoms with Crippen molar-refractivity contribution >= 4 is 0 Å². The highest BCUT2D eigenvalue weighted by Gasteiger charge is 1.95. The van der Waals surface area contributed by atoms with E-state index in [1.54, 1.807) is 0 Å². The smallest absolute Gasteiger partial charge is 0.0601 e. The van der Waals surface area contributed by atoms with Crippen LogP contribution in [0.4, 0.5) is 0 Å². The monoisotopic (exact) mass is 137 g/mol. The summed E-state index contributed by atoms with van der Waals surface area (Å²) in [7, 11) is 0. The third-order valence-corrected chi connectivity index (χ3v) is 1.30. The van der Waals surface area contributed by atoms with E-state index in [-0.39, 0.29) is 0 Å². The van der Waals surface area contributed by atoms with E-state index in [0.717, 1.165) is 5.56 Å². The Labute approximate surface area is 62.7 Å². The van der Waals surface area contributed by atoms with Gasteiger partial charge in [-0.1, -0.05) is 30.3 Å². The van der Waals surface area contributed by atoms with Crippen LogP contribution in [0.2, 0.25) is 0 Å². The first kappa shape index (κ1) is 5.93. The van der Waals surface area contributed by atoms with Gasteiger partial charge in [-0.2, -0.15) is 0 Å². The minimum Gasteiger partial charge on any atom is -0.393 e. The Morgan fingerprint density at radius 1 is 1.50 bits per heavy atom. The summed E-state index contributed by atoms with van der Waals surface area (Å²) in [5, 5.41) is 9.14. The lowest BCUT2D eigenvalue weighted by Crippen LogP contribution is -2.03. The molecule has 1 N–H and O–H groups in total. The van der Waals surface area contributed by atoms with Gasteiger partial charge in [0.25, 0.3) is 0 Å². The molecule has 1 atom stereocenters. The zero-order chi connectivity index (χ0) is 8.32. The van der Waals surface area contributed by atoms with E-state index < -0.39 is 6.08 Å². The lowest BCUT2D eigenvalue weighted by atomic mass is 10.1. The second-order valence-corrected chi connectivity index (χ2v) is 2.40. The average molecular weight is 137 g/mol. The maximum absolute atomic E-state index is 9.14. The van der Waals surface area contributed by atoms with Gasteiger partial charge in [0.1, 0.15) is 0 Å². The molecule has 0 aliphatic carbocycles. The Kier molecular flexibility index (Phi) is 2.00. The van der Waals surface area contributed by atoms with Gasteiger partial charge < -0.3 is 5.11 Å². The van der Waals surface area contributed by atoms with E-state index in [4.69, 9.17) is 6.48 Å². The fourth-order valence-electron chi connectivity index (χ4n) is 0.891. The fourth-order valence-corrected chi connectivity index (χ4v) is 0.891. The predicted molar refractivity (Wildman–Crippen MR) is 41.8 cm³/mol. The molecule has 0 unspecified atom stereocenters. The fraction of sp³-hybridized carbons (Fsp3) is 0.333. The van der Waals surface area contributed by atoms with Gasteiger partial charge in [0.15, 0.2) is 0 Å². The molecule has 0 heterocycles. The van der Waals surface area contributed by atoms with E-state index in [0.29, 0.717) is 6.42 Å². The molecule has 0 saturated heterocycles. The van der Waals surface area contributed by atoms with Crippen molar-refractivity contribution in [1.29, 1.82) is 0 Å². The molecule has 0 fully saturated rings. The third kappa shape index (κ3) is 2.19. The number of benzene rings is 1. The van der Waals surface area contributed by atoms with Crippen LogP contribution in [-0.2, 0) is 6.42 Å². The molecule has 0 spiro atoms. The van der Waals surface area contributed by atoms with Gasteiger partial charge in [0.2, 0.25) is 0 Å². The van der Waals surface area contributed by atoms with Crippen molar-refractivity contribution in [3.8, 4) is 0 Å². The molecule has 0 amide bonds. The molecule has 10 heavy (non-hydrogen) atoms. The van der Waals surface area contributed by atoms with Crippen molar-refractivity contribution in [1.82, 2.24) is 0 Å². The molecule has 0 bridgehead atoms. The Morgan fingerprint density at radius 2 is 2.10 bits per heavy atom. The van der Waals surface area contributed by atoms with E-state index in [1.165, 1.54) is 6.92 Å². The second kappa shape index (κ2) is 3.37. The molecular formula is C9H12O. The number of aliphatic hydroxyl groups is 1. The molecule has 0 aromatic heterocycles. The van der Waals surface area contributed by atoms with Crippen LogP contribution in [0.3, 0.4) is 0 Å². The number of hydrogen-bond donors (Lipinski definition) is 1. The highest BCUT2D eigenvalue weighted by atomic mass is 16.3. The molecular weight excluding hydrogens is 124 g/mol. The van der Waals surface area contributed by atoms with Crippen LogP contribution < -0.4 is 0 Å². The first-order chi connectivity index (χ1) is 5.08. The maximum Gasteiger partial charge on any atom is 0.0601 e. The molecule has 1 nitrogen and oxygen atoms in total.